The molecule has 0 bridgehead atoms. The standard InChI is InChI=1S/C17H18ClNO2S/c1-22-14-6-7-16(18)15(10-14)17(21)19-9-8-12-2-4-13(11-20)5-3-12/h2-7,10,20H,8-9,11H2,1H3,(H,19,21). The van der Waals surface area contributed by atoms with E-state index < -0.39 is 0 Å². The van der Waals surface area contributed by atoms with E-state index >= 15 is 0 Å². The fourth-order valence-corrected chi connectivity index (χ4v) is 2.68. The molecule has 0 aliphatic carbocycles. The van der Waals surface area contributed by atoms with Gasteiger partial charge in [-0.15, -0.1) is 11.8 Å². The first kappa shape index (κ1) is 16.9. The number of halogens is 1. The Bertz CT molecular complexity index is 644. The van der Waals surface area contributed by atoms with Crippen LogP contribution in [0.5, 0.6) is 0 Å². The fourth-order valence-electron chi connectivity index (χ4n) is 2.03. The average molecular weight is 336 g/mol. The van der Waals surface area contributed by atoms with Crippen LogP contribution in [0.3, 0.4) is 0 Å². The molecule has 0 aromatic heterocycles. The maximum atomic E-state index is 12.2. The zero-order chi connectivity index (χ0) is 15.9. The van der Waals surface area contributed by atoms with Gasteiger partial charge < -0.3 is 10.4 Å². The molecule has 2 aromatic rings. The highest BCUT2D eigenvalue weighted by Gasteiger charge is 2.10. The number of aliphatic hydroxyl groups excluding tert-OH is 1. The van der Waals surface area contributed by atoms with E-state index in [2.05, 4.69) is 5.32 Å². The molecule has 2 N–H and O–H groups in total. The molecular formula is C17H18ClNO2S. The summed E-state index contributed by atoms with van der Waals surface area (Å²) in [7, 11) is 0. The number of carbonyl (C=O) groups excluding carboxylic acids is 1. The van der Waals surface area contributed by atoms with Gasteiger partial charge in [0.25, 0.3) is 5.91 Å². The lowest BCUT2D eigenvalue weighted by atomic mass is 10.1. The summed E-state index contributed by atoms with van der Waals surface area (Å²) in [4.78, 5) is 13.2. The van der Waals surface area contributed by atoms with Gasteiger partial charge in [0.05, 0.1) is 17.2 Å². The lowest BCUT2D eigenvalue weighted by molar-refractivity contribution is 0.0954. The summed E-state index contributed by atoms with van der Waals surface area (Å²) in [5, 5.41) is 12.3. The van der Waals surface area contributed by atoms with Gasteiger partial charge in [0.2, 0.25) is 0 Å². The second-order valence-electron chi connectivity index (χ2n) is 4.83. The number of hydrogen-bond acceptors (Lipinski definition) is 3. The van der Waals surface area contributed by atoms with Crippen LogP contribution in [0.4, 0.5) is 0 Å². The van der Waals surface area contributed by atoms with Crippen LogP contribution >= 0.6 is 23.4 Å². The Hall–Kier alpha value is -1.49. The summed E-state index contributed by atoms with van der Waals surface area (Å²) in [5.41, 5.74) is 2.50. The first-order chi connectivity index (χ1) is 10.6. The van der Waals surface area contributed by atoms with Crippen molar-refractivity contribution in [2.75, 3.05) is 12.8 Å². The lowest BCUT2D eigenvalue weighted by Gasteiger charge is -2.08. The number of benzene rings is 2. The summed E-state index contributed by atoms with van der Waals surface area (Å²) in [6.07, 6.45) is 2.69. The highest BCUT2D eigenvalue weighted by atomic mass is 35.5. The molecule has 3 nitrogen and oxygen atoms in total. The first-order valence-corrected chi connectivity index (χ1v) is 8.54. The number of rotatable bonds is 6. The van der Waals surface area contributed by atoms with Crippen molar-refractivity contribution >= 4 is 29.3 Å². The molecule has 0 spiro atoms. The Morgan fingerprint density at radius 2 is 1.86 bits per heavy atom. The highest BCUT2D eigenvalue weighted by molar-refractivity contribution is 7.98. The quantitative estimate of drug-likeness (QED) is 0.794. The molecule has 22 heavy (non-hydrogen) atoms. The van der Waals surface area contributed by atoms with Gasteiger partial charge in [-0.25, -0.2) is 0 Å². The van der Waals surface area contributed by atoms with Crippen molar-refractivity contribution in [2.24, 2.45) is 0 Å². The molecule has 0 saturated heterocycles. The molecule has 0 aliphatic heterocycles. The maximum Gasteiger partial charge on any atom is 0.252 e. The number of aliphatic hydroxyl groups is 1. The Labute approximate surface area is 139 Å². The molecule has 0 fully saturated rings. The van der Waals surface area contributed by atoms with Crippen LogP contribution in [0, 0.1) is 0 Å². The maximum absolute atomic E-state index is 12.2. The summed E-state index contributed by atoms with van der Waals surface area (Å²) in [6.45, 7) is 0.582. The largest absolute Gasteiger partial charge is 0.392 e. The monoisotopic (exact) mass is 335 g/mol. The topological polar surface area (TPSA) is 49.3 Å². The third-order valence-corrected chi connectivity index (χ3v) is 4.38. The van der Waals surface area contributed by atoms with Gasteiger partial charge in [-0.2, -0.15) is 0 Å². The smallest absolute Gasteiger partial charge is 0.252 e. The van der Waals surface area contributed by atoms with Crippen molar-refractivity contribution in [1.82, 2.24) is 5.32 Å². The van der Waals surface area contributed by atoms with Crippen LogP contribution in [-0.2, 0) is 13.0 Å². The van der Waals surface area contributed by atoms with E-state index in [4.69, 9.17) is 16.7 Å². The zero-order valence-corrected chi connectivity index (χ0v) is 13.9. The molecule has 1 amide bonds. The predicted octanol–water partition coefficient (Wildman–Crippen LogP) is 3.53. The molecule has 5 heteroatoms. The number of thioether (sulfide) groups is 1. The van der Waals surface area contributed by atoms with Crippen molar-refractivity contribution in [3.63, 3.8) is 0 Å². The van der Waals surface area contributed by atoms with Crippen LogP contribution in [0.1, 0.15) is 21.5 Å². The molecule has 0 radical (unpaired) electrons. The van der Waals surface area contributed by atoms with Crippen molar-refractivity contribution in [1.29, 1.82) is 0 Å². The van der Waals surface area contributed by atoms with Crippen LogP contribution in [0.2, 0.25) is 5.02 Å². The Kier molecular flexibility index (Phi) is 6.31. The number of amides is 1. The van der Waals surface area contributed by atoms with Gasteiger partial charge in [0.15, 0.2) is 0 Å². The SMILES string of the molecule is CSc1ccc(Cl)c(C(=O)NCCc2ccc(CO)cc2)c1. The number of hydrogen-bond donors (Lipinski definition) is 2. The summed E-state index contributed by atoms with van der Waals surface area (Å²) < 4.78 is 0. The Morgan fingerprint density at radius 1 is 1.18 bits per heavy atom. The van der Waals surface area contributed by atoms with Crippen molar-refractivity contribution in [2.45, 2.75) is 17.9 Å². The van der Waals surface area contributed by atoms with Gasteiger partial charge in [0.1, 0.15) is 0 Å². The summed E-state index contributed by atoms with van der Waals surface area (Å²) >= 11 is 7.66. The first-order valence-electron chi connectivity index (χ1n) is 6.94. The number of carbonyl (C=O) groups is 1. The summed E-state index contributed by atoms with van der Waals surface area (Å²) in [6, 6.07) is 13.1. The van der Waals surface area contributed by atoms with E-state index in [1.165, 1.54) is 0 Å². The van der Waals surface area contributed by atoms with Crippen LogP contribution < -0.4 is 5.32 Å². The van der Waals surface area contributed by atoms with Crippen LogP contribution in [0.15, 0.2) is 47.4 Å². The van der Waals surface area contributed by atoms with E-state index in [-0.39, 0.29) is 12.5 Å². The third-order valence-electron chi connectivity index (χ3n) is 3.32. The second kappa shape index (κ2) is 8.22. The molecular weight excluding hydrogens is 318 g/mol. The van der Waals surface area contributed by atoms with Gasteiger partial charge in [0, 0.05) is 11.4 Å². The molecule has 2 rings (SSSR count). The minimum Gasteiger partial charge on any atom is -0.392 e. The zero-order valence-electron chi connectivity index (χ0n) is 12.3. The van der Waals surface area contributed by atoms with Gasteiger partial charge in [-0.05, 0) is 42.0 Å². The van der Waals surface area contributed by atoms with Gasteiger partial charge in [-0.1, -0.05) is 35.9 Å². The van der Waals surface area contributed by atoms with E-state index in [0.717, 1.165) is 22.4 Å². The van der Waals surface area contributed by atoms with Crippen molar-refractivity contribution in [3.8, 4) is 0 Å². The molecule has 0 unspecified atom stereocenters. The van der Waals surface area contributed by atoms with E-state index in [1.54, 1.807) is 23.9 Å². The van der Waals surface area contributed by atoms with Gasteiger partial charge >= 0.3 is 0 Å². The van der Waals surface area contributed by atoms with Crippen molar-refractivity contribution in [3.05, 3.63) is 64.2 Å². The molecule has 0 aliphatic rings. The van der Waals surface area contributed by atoms with E-state index in [1.807, 2.05) is 36.6 Å². The normalized spacial score (nSPS) is 10.5. The minimum atomic E-state index is -0.159. The van der Waals surface area contributed by atoms with E-state index in [9.17, 15) is 4.79 Å². The molecule has 0 heterocycles. The molecule has 0 atom stereocenters. The predicted molar refractivity (Wildman–Crippen MR) is 91.6 cm³/mol. The highest BCUT2D eigenvalue weighted by Crippen LogP contribution is 2.22. The fraction of sp³-hybridized carbons (Fsp3) is 0.235. The molecule has 116 valence electrons. The molecule has 0 saturated carbocycles. The second-order valence-corrected chi connectivity index (χ2v) is 6.11. The average Bonchev–Trinajstić information content (AvgIpc) is 2.55. The summed E-state index contributed by atoms with van der Waals surface area (Å²) in [5.74, 6) is -0.159. The Balaban J connectivity index is 1.92. The third kappa shape index (κ3) is 4.50. The van der Waals surface area contributed by atoms with Crippen LogP contribution in [-0.4, -0.2) is 23.8 Å². The molecule has 2 aromatic carbocycles. The van der Waals surface area contributed by atoms with Crippen molar-refractivity contribution < 1.29 is 9.90 Å². The van der Waals surface area contributed by atoms with E-state index in [0.29, 0.717) is 17.1 Å². The minimum absolute atomic E-state index is 0.0430. The lowest BCUT2D eigenvalue weighted by Crippen LogP contribution is -2.26. The Morgan fingerprint density at radius 3 is 2.50 bits per heavy atom. The van der Waals surface area contributed by atoms with Crippen LogP contribution in [0.25, 0.3) is 0 Å². The number of nitrogens with one attached hydrogen (secondary N) is 1. The van der Waals surface area contributed by atoms with Gasteiger partial charge in [-0.3, -0.25) is 4.79 Å².